The first-order valence-electron chi connectivity index (χ1n) is 9.82. The Hall–Kier alpha value is -4.19. The minimum absolute atomic E-state index is 0.182. The molecule has 0 saturated carbocycles. The van der Waals surface area contributed by atoms with Crippen LogP contribution in [0.3, 0.4) is 0 Å². The number of alkyl halides is 3. The molecule has 35 heavy (non-hydrogen) atoms. The normalized spacial score (nSPS) is 11.6. The van der Waals surface area contributed by atoms with Crippen LogP contribution >= 0.6 is 11.6 Å². The van der Waals surface area contributed by atoms with Crippen molar-refractivity contribution in [3.8, 4) is 17.1 Å². The Morgan fingerprint density at radius 3 is 2.37 bits per heavy atom. The van der Waals surface area contributed by atoms with Gasteiger partial charge in [-0.2, -0.15) is 13.2 Å². The van der Waals surface area contributed by atoms with Gasteiger partial charge in [-0.15, -0.1) is 10.2 Å². The van der Waals surface area contributed by atoms with Crippen LogP contribution in [-0.4, -0.2) is 30.4 Å². The molecule has 2 aromatic carbocycles. The summed E-state index contributed by atoms with van der Waals surface area (Å²) in [5.41, 5.74) is -3.56. The van der Waals surface area contributed by atoms with Crippen LogP contribution in [0.5, 0.6) is 0 Å². The van der Waals surface area contributed by atoms with E-state index in [-0.39, 0.29) is 17.1 Å². The van der Waals surface area contributed by atoms with E-state index in [0.717, 1.165) is 22.9 Å². The largest absolute Gasteiger partial charge is 0.477 e. The molecule has 0 unspecified atom stereocenters. The number of carboxylic acids is 1. The molecule has 1 N–H and O–H groups in total. The molecule has 9 nitrogen and oxygen atoms in total. The van der Waals surface area contributed by atoms with E-state index in [1.165, 1.54) is 30.3 Å². The zero-order chi connectivity index (χ0) is 25.5. The summed E-state index contributed by atoms with van der Waals surface area (Å²) in [6.07, 6.45) is -3.91. The van der Waals surface area contributed by atoms with Crippen LogP contribution < -0.4 is 11.2 Å². The van der Waals surface area contributed by atoms with Crippen LogP contribution in [0.15, 0.2) is 62.7 Å². The van der Waals surface area contributed by atoms with Gasteiger partial charge in [0.25, 0.3) is 5.56 Å². The Bertz CT molecular complexity index is 1560. The van der Waals surface area contributed by atoms with Crippen LogP contribution in [-0.2, 0) is 12.7 Å². The molecule has 2 aromatic heterocycles. The summed E-state index contributed by atoms with van der Waals surface area (Å²) in [7, 11) is 0. The molecule has 0 bridgehead atoms. The van der Waals surface area contributed by atoms with Crippen molar-refractivity contribution in [3.05, 3.63) is 97.1 Å². The van der Waals surface area contributed by atoms with E-state index in [2.05, 4.69) is 10.2 Å². The first-order chi connectivity index (χ1) is 16.5. The quantitative estimate of drug-likeness (QED) is 0.437. The standard InChI is InChI=1S/C22H14ClF3N4O5/c1-11-27-28-18(35-11)12-5-7-14(8-6-12)29-10-15(20(32)33)19(31)30(21(29)34)9-13-3-2-4-16(17(13)23)22(24,25)26/h2-8,10H,9H2,1H3,(H,32,33). The Kier molecular flexibility index (Phi) is 6.07. The van der Waals surface area contributed by atoms with Crippen LogP contribution in [0.2, 0.25) is 5.02 Å². The lowest BCUT2D eigenvalue weighted by Crippen LogP contribution is -2.42. The molecule has 0 fully saturated rings. The lowest BCUT2D eigenvalue weighted by atomic mass is 10.1. The topological polar surface area (TPSA) is 120 Å². The second-order valence-corrected chi connectivity index (χ2v) is 7.72. The first-order valence-corrected chi connectivity index (χ1v) is 10.2. The van der Waals surface area contributed by atoms with E-state index in [0.29, 0.717) is 16.0 Å². The Morgan fingerprint density at radius 2 is 1.80 bits per heavy atom. The molecule has 0 amide bonds. The SMILES string of the molecule is Cc1nnc(-c2ccc(-n3cc(C(=O)O)c(=O)n(Cc4cccc(C(F)(F)F)c4Cl)c3=O)cc2)o1. The number of aryl methyl sites for hydroxylation is 1. The van der Waals surface area contributed by atoms with Crippen LogP contribution in [0.25, 0.3) is 17.1 Å². The number of hydrogen-bond donors (Lipinski definition) is 1. The fourth-order valence-corrected chi connectivity index (χ4v) is 3.63. The molecule has 2 heterocycles. The van der Waals surface area contributed by atoms with E-state index in [4.69, 9.17) is 16.0 Å². The van der Waals surface area contributed by atoms with Gasteiger partial charge in [-0.3, -0.25) is 13.9 Å². The predicted molar refractivity (Wildman–Crippen MR) is 117 cm³/mol. The summed E-state index contributed by atoms with van der Waals surface area (Å²) in [4.78, 5) is 37.6. The van der Waals surface area contributed by atoms with E-state index in [1.54, 1.807) is 6.92 Å². The van der Waals surface area contributed by atoms with Crippen molar-refractivity contribution in [3.63, 3.8) is 0 Å². The molecule has 4 rings (SSSR count). The number of nitrogens with zero attached hydrogens (tertiary/aromatic N) is 4. The minimum Gasteiger partial charge on any atom is -0.477 e. The zero-order valence-electron chi connectivity index (χ0n) is 17.7. The third-order valence-corrected chi connectivity index (χ3v) is 5.48. The summed E-state index contributed by atoms with van der Waals surface area (Å²) in [5.74, 6) is -1.06. The van der Waals surface area contributed by atoms with Crippen molar-refractivity contribution in [1.29, 1.82) is 0 Å². The molecule has 13 heteroatoms. The van der Waals surface area contributed by atoms with E-state index < -0.39 is 46.1 Å². The number of hydrogen-bond acceptors (Lipinski definition) is 6. The molecule has 0 aliphatic carbocycles. The third-order valence-electron chi connectivity index (χ3n) is 5.03. The van der Waals surface area contributed by atoms with E-state index in [9.17, 15) is 32.7 Å². The molecule has 0 aliphatic heterocycles. The molecule has 0 spiro atoms. The molecule has 0 atom stereocenters. The molecule has 0 radical (unpaired) electrons. The molecule has 180 valence electrons. The molecule has 4 aromatic rings. The van der Waals surface area contributed by atoms with Gasteiger partial charge >= 0.3 is 17.8 Å². The molecular formula is C22H14ClF3N4O5. The maximum atomic E-state index is 13.2. The summed E-state index contributed by atoms with van der Waals surface area (Å²) < 4.78 is 46.4. The average Bonchev–Trinajstić information content (AvgIpc) is 3.23. The van der Waals surface area contributed by atoms with Gasteiger partial charge in [-0.1, -0.05) is 23.7 Å². The zero-order valence-corrected chi connectivity index (χ0v) is 18.5. The van der Waals surface area contributed by atoms with Gasteiger partial charge in [-0.25, -0.2) is 9.59 Å². The van der Waals surface area contributed by atoms with Gasteiger partial charge in [0, 0.05) is 18.7 Å². The van der Waals surface area contributed by atoms with Crippen molar-refractivity contribution in [2.45, 2.75) is 19.6 Å². The van der Waals surface area contributed by atoms with E-state index in [1.807, 2.05) is 0 Å². The maximum Gasteiger partial charge on any atom is 0.417 e. The first kappa shape index (κ1) is 24.0. The molecule has 0 saturated heterocycles. The van der Waals surface area contributed by atoms with Crippen LogP contribution in [0, 0.1) is 6.92 Å². The molecule has 0 aliphatic rings. The number of benzene rings is 2. The van der Waals surface area contributed by atoms with Crippen molar-refractivity contribution in [2.24, 2.45) is 0 Å². The predicted octanol–water partition coefficient (Wildman–Crippen LogP) is 3.78. The second-order valence-electron chi connectivity index (χ2n) is 7.34. The van der Waals surface area contributed by atoms with Crippen molar-refractivity contribution >= 4 is 17.6 Å². The van der Waals surface area contributed by atoms with Gasteiger partial charge in [0.1, 0.15) is 5.56 Å². The Balaban J connectivity index is 1.83. The summed E-state index contributed by atoms with van der Waals surface area (Å²) in [6.45, 7) is 0.929. The van der Waals surface area contributed by atoms with Crippen LogP contribution in [0.4, 0.5) is 13.2 Å². The van der Waals surface area contributed by atoms with Gasteiger partial charge in [0.05, 0.1) is 22.8 Å². The Morgan fingerprint density at radius 1 is 1.11 bits per heavy atom. The summed E-state index contributed by atoms with van der Waals surface area (Å²) in [5, 5.41) is 16.4. The van der Waals surface area contributed by atoms with Crippen molar-refractivity contribution in [1.82, 2.24) is 19.3 Å². The van der Waals surface area contributed by atoms with E-state index >= 15 is 0 Å². The smallest absolute Gasteiger partial charge is 0.417 e. The van der Waals surface area contributed by atoms with Gasteiger partial charge in [0.2, 0.25) is 11.8 Å². The highest BCUT2D eigenvalue weighted by Crippen LogP contribution is 2.36. The lowest BCUT2D eigenvalue weighted by Gasteiger charge is -2.15. The van der Waals surface area contributed by atoms with Gasteiger partial charge < -0.3 is 9.52 Å². The Labute approximate surface area is 198 Å². The average molecular weight is 507 g/mol. The highest BCUT2D eigenvalue weighted by molar-refractivity contribution is 6.32. The second kappa shape index (κ2) is 8.87. The fraction of sp³-hybridized carbons (Fsp3) is 0.136. The highest BCUT2D eigenvalue weighted by Gasteiger charge is 2.34. The maximum absolute atomic E-state index is 13.2. The lowest BCUT2D eigenvalue weighted by molar-refractivity contribution is -0.137. The number of halogens is 4. The third kappa shape index (κ3) is 4.60. The van der Waals surface area contributed by atoms with Crippen LogP contribution in [0.1, 0.15) is 27.4 Å². The number of aromatic carboxylic acids is 1. The van der Waals surface area contributed by atoms with Crippen molar-refractivity contribution < 1.29 is 27.5 Å². The van der Waals surface area contributed by atoms with Gasteiger partial charge in [-0.05, 0) is 35.9 Å². The number of rotatable bonds is 5. The van der Waals surface area contributed by atoms with Gasteiger partial charge in [0.15, 0.2) is 0 Å². The van der Waals surface area contributed by atoms with Crippen molar-refractivity contribution in [2.75, 3.05) is 0 Å². The number of aromatic nitrogens is 4. The fourth-order valence-electron chi connectivity index (χ4n) is 3.34. The molecular weight excluding hydrogens is 493 g/mol. The summed E-state index contributed by atoms with van der Waals surface area (Å²) >= 11 is 5.90. The minimum atomic E-state index is -4.76. The monoisotopic (exact) mass is 506 g/mol. The number of carboxylic acid groups (broad SMARTS) is 1. The highest BCUT2D eigenvalue weighted by atomic mass is 35.5. The number of carbonyl (C=O) groups is 1. The summed E-state index contributed by atoms with van der Waals surface area (Å²) in [6, 6.07) is 9.02.